The van der Waals surface area contributed by atoms with Gasteiger partial charge in [0.1, 0.15) is 12.3 Å². The third-order valence-electron chi connectivity index (χ3n) is 4.19. The molecule has 0 spiro atoms. The van der Waals surface area contributed by atoms with E-state index < -0.39 is 0 Å². The van der Waals surface area contributed by atoms with Crippen LogP contribution < -0.4 is 15.0 Å². The standard InChI is InChI=1S/C19H17N3O3S/c1-11-7-12(2)18-15(8-11)26-19(21-18)20-16(23)9-22-13-5-3-4-6-14(13)25-10-17(22)24/h3-8H,9-10H2,1-2H3,(H,20,21,23). The number of carbonyl (C=O) groups excluding carboxylic acids is 2. The number of aryl methyl sites for hydroxylation is 2. The number of nitrogens with one attached hydrogen (secondary N) is 1. The van der Waals surface area contributed by atoms with Gasteiger partial charge in [0.15, 0.2) is 11.7 Å². The molecule has 132 valence electrons. The van der Waals surface area contributed by atoms with Crippen LogP contribution in [0.3, 0.4) is 0 Å². The monoisotopic (exact) mass is 367 g/mol. The first-order valence-corrected chi connectivity index (χ1v) is 9.03. The zero-order chi connectivity index (χ0) is 18.3. The number of hydrogen-bond donors (Lipinski definition) is 1. The topological polar surface area (TPSA) is 71.5 Å². The van der Waals surface area contributed by atoms with Crippen LogP contribution in [-0.2, 0) is 9.59 Å². The molecule has 0 radical (unpaired) electrons. The second-order valence-corrected chi connectivity index (χ2v) is 7.26. The number of fused-ring (bicyclic) bond motifs is 2. The molecule has 0 saturated carbocycles. The van der Waals surface area contributed by atoms with E-state index in [0.717, 1.165) is 21.3 Å². The Kier molecular flexibility index (Phi) is 4.08. The summed E-state index contributed by atoms with van der Waals surface area (Å²) in [5.74, 6) is 0.0732. The van der Waals surface area contributed by atoms with Crippen molar-refractivity contribution in [3.63, 3.8) is 0 Å². The molecule has 7 heteroatoms. The lowest BCUT2D eigenvalue weighted by Crippen LogP contribution is -2.43. The molecule has 1 N–H and O–H groups in total. The van der Waals surface area contributed by atoms with Crippen LogP contribution in [0.5, 0.6) is 5.75 Å². The molecule has 1 aliphatic rings. The number of hydrogen-bond acceptors (Lipinski definition) is 5. The smallest absolute Gasteiger partial charge is 0.265 e. The summed E-state index contributed by atoms with van der Waals surface area (Å²) in [5, 5.41) is 3.35. The van der Waals surface area contributed by atoms with E-state index in [0.29, 0.717) is 16.6 Å². The van der Waals surface area contributed by atoms with Crippen LogP contribution in [0.25, 0.3) is 10.2 Å². The van der Waals surface area contributed by atoms with Crippen molar-refractivity contribution in [1.82, 2.24) is 4.98 Å². The van der Waals surface area contributed by atoms with Crippen molar-refractivity contribution in [2.45, 2.75) is 13.8 Å². The number of para-hydroxylation sites is 2. The number of amides is 2. The van der Waals surface area contributed by atoms with Gasteiger partial charge in [-0.15, -0.1) is 0 Å². The third kappa shape index (κ3) is 3.01. The first kappa shape index (κ1) is 16.5. The minimum Gasteiger partial charge on any atom is -0.482 e. The van der Waals surface area contributed by atoms with Gasteiger partial charge in [0, 0.05) is 0 Å². The van der Waals surface area contributed by atoms with Crippen LogP contribution in [-0.4, -0.2) is 29.9 Å². The lowest BCUT2D eigenvalue weighted by molar-refractivity contribution is -0.123. The summed E-state index contributed by atoms with van der Waals surface area (Å²) in [5.41, 5.74) is 3.74. The number of thiazole rings is 1. The van der Waals surface area contributed by atoms with E-state index in [1.807, 2.05) is 26.0 Å². The Morgan fingerprint density at radius 1 is 1.31 bits per heavy atom. The molecule has 26 heavy (non-hydrogen) atoms. The molecule has 0 atom stereocenters. The fourth-order valence-corrected chi connectivity index (χ4v) is 4.11. The second kappa shape index (κ2) is 6.42. The molecule has 2 aromatic carbocycles. The van der Waals surface area contributed by atoms with Crippen molar-refractivity contribution < 1.29 is 14.3 Å². The predicted octanol–water partition coefficient (Wildman–Crippen LogP) is 3.28. The first-order valence-electron chi connectivity index (χ1n) is 8.21. The number of benzene rings is 2. The van der Waals surface area contributed by atoms with Crippen LogP contribution in [0.1, 0.15) is 11.1 Å². The van der Waals surface area contributed by atoms with Gasteiger partial charge >= 0.3 is 0 Å². The van der Waals surface area contributed by atoms with Crippen molar-refractivity contribution in [3.8, 4) is 5.75 Å². The van der Waals surface area contributed by atoms with Crippen LogP contribution >= 0.6 is 11.3 Å². The van der Waals surface area contributed by atoms with E-state index in [4.69, 9.17) is 4.74 Å². The second-order valence-electron chi connectivity index (χ2n) is 6.23. The fourth-order valence-electron chi connectivity index (χ4n) is 3.05. The maximum Gasteiger partial charge on any atom is 0.265 e. The largest absolute Gasteiger partial charge is 0.482 e. The highest BCUT2D eigenvalue weighted by Gasteiger charge is 2.27. The number of rotatable bonds is 3. The summed E-state index contributed by atoms with van der Waals surface area (Å²) >= 11 is 1.43. The molecule has 1 aromatic heterocycles. The van der Waals surface area contributed by atoms with E-state index in [-0.39, 0.29) is 25.0 Å². The molecule has 0 fully saturated rings. The van der Waals surface area contributed by atoms with E-state index >= 15 is 0 Å². The molecular formula is C19H17N3O3S. The number of nitrogens with zero attached hydrogens (tertiary/aromatic N) is 2. The average molecular weight is 367 g/mol. The van der Waals surface area contributed by atoms with E-state index in [2.05, 4.69) is 22.4 Å². The maximum absolute atomic E-state index is 12.5. The first-order chi connectivity index (χ1) is 12.5. The van der Waals surface area contributed by atoms with Crippen LogP contribution in [0.4, 0.5) is 10.8 Å². The minimum atomic E-state index is -0.288. The van der Waals surface area contributed by atoms with Gasteiger partial charge in [0.05, 0.1) is 15.9 Å². The van der Waals surface area contributed by atoms with Crippen LogP contribution in [0.15, 0.2) is 36.4 Å². The molecular weight excluding hydrogens is 350 g/mol. The minimum absolute atomic E-state index is 0.0656. The van der Waals surface area contributed by atoms with Gasteiger partial charge in [-0.3, -0.25) is 14.5 Å². The number of aromatic nitrogens is 1. The van der Waals surface area contributed by atoms with Crippen molar-refractivity contribution >= 4 is 44.2 Å². The zero-order valence-electron chi connectivity index (χ0n) is 14.4. The van der Waals surface area contributed by atoms with E-state index in [1.54, 1.807) is 12.1 Å². The van der Waals surface area contributed by atoms with Crippen molar-refractivity contribution in [2.75, 3.05) is 23.4 Å². The molecule has 0 aliphatic carbocycles. The molecule has 6 nitrogen and oxygen atoms in total. The Morgan fingerprint density at radius 2 is 2.12 bits per heavy atom. The Labute approximate surface area is 154 Å². The van der Waals surface area contributed by atoms with Gasteiger partial charge in [-0.2, -0.15) is 0 Å². The highest BCUT2D eigenvalue weighted by Crippen LogP contribution is 2.32. The molecule has 0 unspecified atom stereocenters. The van der Waals surface area contributed by atoms with Gasteiger partial charge in [-0.1, -0.05) is 29.5 Å². The summed E-state index contributed by atoms with van der Waals surface area (Å²) in [6.45, 7) is 3.90. The van der Waals surface area contributed by atoms with Gasteiger partial charge < -0.3 is 10.1 Å². The number of ether oxygens (including phenoxy) is 1. The lowest BCUT2D eigenvalue weighted by Gasteiger charge is -2.28. The van der Waals surface area contributed by atoms with Crippen LogP contribution in [0, 0.1) is 13.8 Å². The highest BCUT2D eigenvalue weighted by atomic mass is 32.1. The van der Waals surface area contributed by atoms with Crippen LogP contribution in [0.2, 0.25) is 0 Å². The van der Waals surface area contributed by atoms with Crippen molar-refractivity contribution in [2.24, 2.45) is 0 Å². The van der Waals surface area contributed by atoms with Gasteiger partial charge in [-0.05, 0) is 43.2 Å². The summed E-state index contributed by atoms with van der Waals surface area (Å²) < 4.78 is 6.43. The third-order valence-corrected chi connectivity index (χ3v) is 5.10. The highest BCUT2D eigenvalue weighted by molar-refractivity contribution is 7.22. The Balaban J connectivity index is 1.54. The predicted molar refractivity (Wildman–Crippen MR) is 102 cm³/mol. The van der Waals surface area contributed by atoms with Gasteiger partial charge in [0.2, 0.25) is 5.91 Å². The van der Waals surface area contributed by atoms with Crippen molar-refractivity contribution in [1.29, 1.82) is 0 Å². The summed E-state index contributed by atoms with van der Waals surface area (Å²) in [4.78, 5) is 30.6. The molecule has 0 saturated heterocycles. The Bertz CT molecular complexity index is 1030. The summed E-state index contributed by atoms with van der Waals surface area (Å²) in [6.07, 6.45) is 0. The van der Waals surface area contributed by atoms with Gasteiger partial charge in [0.25, 0.3) is 5.91 Å². The van der Waals surface area contributed by atoms with E-state index in [9.17, 15) is 9.59 Å². The normalized spacial score (nSPS) is 13.5. The zero-order valence-corrected chi connectivity index (χ0v) is 15.2. The summed E-state index contributed by atoms with van der Waals surface area (Å²) in [6, 6.07) is 11.3. The van der Waals surface area contributed by atoms with Gasteiger partial charge in [-0.25, -0.2) is 4.98 Å². The Hall–Kier alpha value is -2.93. The maximum atomic E-state index is 12.5. The molecule has 2 amide bonds. The average Bonchev–Trinajstić information content (AvgIpc) is 3.00. The number of carbonyl (C=O) groups is 2. The van der Waals surface area contributed by atoms with Crippen molar-refractivity contribution in [3.05, 3.63) is 47.5 Å². The Morgan fingerprint density at radius 3 is 2.96 bits per heavy atom. The molecule has 0 bridgehead atoms. The molecule has 3 aromatic rings. The molecule has 2 heterocycles. The summed E-state index contributed by atoms with van der Waals surface area (Å²) in [7, 11) is 0. The quantitative estimate of drug-likeness (QED) is 0.771. The number of anilines is 2. The SMILES string of the molecule is Cc1cc(C)c2nc(NC(=O)CN3C(=O)COc4ccccc43)sc2c1. The fraction of sp³-hybridized carbons (Fsp3) is 0.211. The lowest BCUT2D eigenvalue weighted by atomic mass is 10.1. The molecule has 1 aliphatic heterocycles. The molecule has 4 rings (SSSR count). The van der Waals surface area contributed by atoms with E-state index in [1.165, 1.54) is 16.2 Å².